The van der Waals surface area contributed by atoms with Crippen LogP contribution in [0.4, 0.5) is 5.69 Å². The number of benzene rings is 3. The molecule has 1 aliphatic carbocycles. The first-order valence-electron chi connectivity index (χ1n) is 14.0. The number of hydrogen-bond donors (Lipinski definition) is 1. The third-order valence-corrected chi connectivity index (χ3v) is 9.89. The number of rotatable bonds is 10. The SMILES string of the molecule is Cc1ccc(S(=O)(=O)N(CC(=O)N(Cc2cccc(Br)c2)[C@H](C)C(=O)NC2CCCC2)c2ccc(C)cc2C)cc1. The molecule has 0 spiro atoms. The Labute approximate surface area is 252 Å². The molecule has 1 saturated carbocycles. The van der Waals surface area contributed by atoms with Crippen molar-refractivity contribution in [3.63, 3.8) is 0 Å². The highest BCUT2D eigenvalue weighted by molar-refractivity contribution is 9.10. The lowest BCUT2D eigenvalue weighted by Crippen LogP contribution is -2.52. The fraction of sp³-hybridized carbons (Fsp3) is 0.375. The standard InChI is InChI=1S/C32H38BrN3O4S/c1-22-12-15-29(16-13-22)41(39,40)36(30-17-14-23(2)18-24(30)3)21-31(37)35(20-26-8-7-9-27(33)19-26)25(4)32(38)34-28-10-5-6-11-28/h7-9,12-19,25,28H,5-6,10-11,20-21H2,1-4H3,(H,34,38)/t25-/m1/s1. The van der Waals surface area contributed by atoms with Crippen LogP contribution >= 0.6 is 15.9 Å². The van der Waals surface area contributed by atoms with Crippen LogP contribution in [0.2, 0.25) is 0 Å². The van der Waals surface area contributed by atoms with Crippen LogP contribution in [0.3, 0.4) is 0 Å². The second kappa shape index (κ2) is 13.2. The van der Waals surface area contributed by atoms with E-state index in [1.54, 1.807) is 37.3 Å². The highest BCUT2D eigenvalue weighted by Crippen LogP contribution is 2.29. The summed E-state index contributed by atoms with van der Waals surface area (Å²) in [6.07, 6.45) is 3.99. The van der Waals surface area contributed by atoms with Crippen LogP contribution in [-0.4, -0.2) is 43.8 Å². The van der Waals surface area contributed by atoms with Crippen LogP contribution in [0.15, 0.2) is 76.1 Å². The van der Waals surface area contributed by atoms with Gasteiger partial charge in [-0.05, 0) is 82.0 Å². The first kappa shape index (κ1) is 30.8. The maximum absolute atomic E-state index is 14.1. The summed E-state index contributed by atoms with van der Waals surface area (Å²) >= 11 is 3.48. The first-order valence-corrected chi connectivity index (χ1v) is 16.2. The van der Waals surface area contributed by atoms with Crippen molar-refractivity contribution in [2.45, 2.75) is 76.9 Å². The molecule has 0 aromatic heterocycles. The Morgan fingerprint density at radius 2 is 1.61 bits per heavy atom. The van der Waals surface area contributed by atoms with Gasteiger partial charge in [-0.1, -0.05) is 76.3 Å². The molecule has 1 aliphatic rings. The van der Waals surface area contributed by atoms with E-state index in [0.717, 1.165) is 52.4 Å². The normalized spacial score (nSPS) is 14.5. The van der Waals surface area contributed by atoms with Crippen LogP contribution in [-0.2, 0) is 26.2 Å². The third-order valence-electron chi connectivity index (χ3n) is 7.62. The molecule has 0 aliphatic heterocycles. The minimum absolute atomic E-state index is 0.0985. The second-order valence-corrected chi connectivity index (χ2v) is 13.7. The van der Waals surface area contributed by atoms with Gasteiger partial charge in [-0.25, -0.2) is 8.42 Å². The fourth-order valence-electron chi connectivity index (χ4n) is 5.24. The molecule has 0 saturated heterocycles. The Morgan fingerprint density at radius 1 is 0.951 bits per heavy atom. The quantitative estimate of drug-likeness (QED) is 0.293. The van der Waals surface area contributed by atoms with Crippen molar-refractivity contribution in [2.75, 3.05) is 10.8 Å². The van der Waals surface area contributed by atoms with E-state index >= 15 is 0 Å². The lowest BCUT2D eigenvalue weighted by Gasteiger charge is -2.33. The maximum Gasteiger partial charge on any atom is 0.264 e. The van der Waals surface area contributed by atoms with Gasteiger partial charge in [-0.15, -0.1) is 0 Å². The summed E-state index contributed by atoms with van der Waals surface area (Å²) in [5.74, 6) is -0.700. The van der Waals surface area contributed by atoms with E-state index in [-0.39, 0.29) is 23.4 Å². The molecular weight excluding hydrogens is 602 g/mol. The number of halogens is 1. The summed E-state index contributed by atoms with van der Waals surface area (Å²) in [5, 5.41) is 3.10. The molecule has 1 N–H and O–H groups in total. The van der Waals surface area contributed by atoms with Crippen LogP contribution in [0.5, 0.6) is 0 Å². The van der Waals surface area contributed by atoms with E-state index in [1.165, 1.54) is 9.21 Å². The van der Waals surface area contributed by atoms with E-state index in [2.05, 4.69) is 21.2 Å². The monoisotopic (exact) mass is 639 g/mol. The van der Waals surface area contributed by atoms with E-state index in [0.29, 0.717) is 5.69 Å². The van der Waals surface area contributed by atoms with Crippen molar-refractivity contribution in [3.8, 4) is 0 Å². The van der Waals surface area contributed by atoms with Gasteiger partial charge in [0.05, 0.1) is 10.6 Å². The van der Waals surface area contributed by atoms with Gasteiger partial charge in [0.15, 0.2) is 0 Å². The lowest BCUT2D eigenvalue weighted by molar-refractivity contribution is -0.139. The number of carbonyl (C=O) groups is 2. The van der Waals surface area contributed by atoms with E-state index in [1.807, 2.05) is 57.2 Å². The molecule has 2 amide bonds. The van der Waals surface area contributed by atoms with Gasteiger partial charge in [0.25, 0.3) is 10.0 Å². The van der Waals surface area contributed by atoms with Gasteiger partial charge in [-0.2, -0.15) is 0 Å². The van der Waals surface area contributed by atoms with Crippen molar-refractivity contribution in [3.05, 3.63) is 93.5 Å². The van der Waals surface area contributed by atoms with E-state index in [4.69, 9.17) is 0 Å². The van der Waals surface area contributed by atoms with Gasteiger partial charge in [0.1, 0.15) is 12.6 Å². The zero-order chi connectivity index (χ0) is 29.7. The molecule has 9 heteroatoms. The van der Waals surface area contributed by atoms with Crippen molar-refractivity contribution in [1.29, 1.82) is 0 Å². The summed E-state index contributed by atoms with van der Waals surface area (Å²) in [4.78, 5) is 29.1. The smallest absolute Gasteiger partial charge is 0.264 e. The summed E-state index contributed by atoms with van der Waals surface area (Å²) in [7, 11) is -4.10. The number of sulfonamides is 1. The fourth-order valence-corrected chi connectivity index (χ4v) is 7.17. The minimum Gasteiger partial charge on any atom is -0.352 e. The summed E-state index contributed by atoms with van der Waals surface area (Å²) in [6, 6.07) is 18.9. The second-order valence-electron chi connectivity index (χ2n) is 10.9. The minimum atomic E-state index is -4.10. The van der Waals surface area contributed by atoms with Gasteiger partial charge in [-0.3, -0.25) is 13.9 Å². The third kappa shape index (κ3) is 7.57. The number of anilines is 1. The Bertz CT molecular complexity index is 1500. The molecule has 7 nitrogen and oxygen atoms in total. The number of hydrogen-bond acceptors (Lipinski definition) is 4. The molecular formula is C32H38BrN3O4S. The molecule has 0 radical (unpaired) electrons. The van der Waals surface area contributed by atoms with Crippen LogP contribution < -0.4 is 9.62 Å². The van der Waals surface area contributed by atoms with E-state index in [9.17, 15) is 18.0 Å². The number of amides is 2. The average Bonchev–Trinajstić information content (AvgIpc) is 3.43. The largest absolute Gasteiger partial charge is 0.352 e. The number of carbonyl (C=O) groups excluding carboxylic acids is 2. The van der Waals surface area contributed by atoms with Gasteiger partial charge >= 0.3 is 0 Å². The summed E-state index contributed by atoms with van der Waals surface area (Å²) in [5.41, 5.74) is 3.90. The first-order chi connectivity index (χ1) is 19.5. The Balaban J connectivity index is 1.71. The van der Waals surface area contributed by atoms with Crippen molar-refractivity contribution in [2.24, 2.45) is 0 Å². The highest BCUT2D eigenvalue weighted by Gasteiger charge is 2.34. The Morgan fingerprint density at radius 3 is 2.24 bits per heavy atom. The maximum atomic E-state index is 14.1. The number of nitrogens with zero attached hydrogens (tertiary/aromatic N) is 2. The van der Waals surface area contributed by atoms with Crippen LogP contribution in [0.1, 0.15) is 54.9 Å². The number of aryl methyl sites for hydroxylation is 3. The van der Waals surface area contributed by atoms with Crippen LogP contribution in [0.25, 0.3) is 0 Å². The van der Waals surface area contributed by atoms with Gasteiger partial charge in [0.2, 0.25) is 11.8 Å². The topological polar surface area (TPSA) is 86.8 Å². The molecule has 0 bridgehead atoms. The predicted octanol–water partition coefficient (Wildman–Crippen LogP) is 6.05. The van der Waals surface area contributed by atoms with Crippen molar-refractivity contribution < 1.29 is 18.0 Å². The lowest BCUT2D eigenvalue weighted by atomic mass is 10.1. The van der Waals surface area contributed by atoms with Crippen molar-refractivity contribution in [1.82, 2.24) is 10.2 Å². The van der Waals surface area contributed by atoms with E-state index < -0.39 is 28.5 Å². The Hall–Kier alpha value is -3.17. The molecule has 3 aromatic rings. The Kier molecular flexibility index (Phi) is 9.92. The molecule has 1 fully saturated rings. The van der Waals surface area contributed by atoms with Gasteiger partial charge < -0.3 is 10.2 Å². The molecule has 218 valence electrons. The molecule has 4 rings (SSSR count). The molecule has 1 atom stereocenters. The summed E-state index contributed by atoms with van der Waals surface area (Å²) < 4.78 is 30.1. The average molecular weight is 641 g/mol. The molecule has 41 heavy (non-hydrogen) atoms. The predicted molar refractivity (Wildman–Crippen MR) is 166 cm³/mol. The van der Waals surface area contributed by atoms with Crippen LogP contribution in [0, 0.1) is 20.8 Å². The molecule has 0 heterocycles. The number of nitrogens with one attached hydrogen (secondary N) is 1. The molecule has 3 aromatic carbocycles. The zero-order valence-corrected chi connectivity index (χ0v) is 26.5. The van der Waals surface area contributed by atoms with Gasteiger partial charge in [0, 0.05) is 17.1 Å². The zero-order valence-electron chi connectivity index (χ0n) is 24.1. The summed E-state index contributed by atoms with van der Waals surface area (Å²) in [6.45, 7) is 7.07. The van der Waals surface area contributed by atoms with Crippen molar-refractivity contribution >= 4 is 43.5 Å². The molecule has 0 unspecified atom stereocenters. The highest BCUT2D eigenvalue weighted by atomic mass is 79.9.